The van der Waals surface area contributed by atoms with Crippen LogP contribution in [-0.2, 0) is 22.6 Å². The quantitative estimate of drug-likeness (QED) is 0.714. The smallest absolute Gasteiger partial charge is 0.242 e. The van der Waals surface area contributed by atoms with Crippen molar-refractivity contribution >= 4 is 23.4 Å². The minimum absolute atomic E-state index is 0.0993. The molecule has 0 spiro atoms. The summed E-state index contributed by atoms with van der Waals surface area (Å²) in [5.74, 6) is 0.0900. The van der Waals surface area contributed by atoms with Crippen LogP contribution in [0, 0.1) is 12.8 Å². The third kappa shape index (κ3) is 6.38. The van der Waals surface area contributed by atoms with E-state index in [1.807, 2.05) is 63.2 Å². The van der Waals surface area contributed by atoms with Crippen LogP contribution in [0.5, 0.6) is 0 Å². The molecule has 150 valence electrons. The van der Waals surface area contributed by atoms with Crippen LogP contribution in [0.4, 0.5) is 0 Å². The van der Waals surface area contributed by atoms with Crippen molar-refractivity contribution in [2.24, 2.45) is 5.92 Å². The number of carbonyl (C=O) groups is 2. The van der Waals surface area contributed by atoms with Gasteiger partial charge >= 0.3 is 0 Å². The Labute approximate surface area is 172 Å². The zero-order chi connectivity index (χ0) is 20.7. The number of hydrogen-bond acceptors (Lipinski definition) is 2. The molecular weight excluding hydrogens is 372 g/mol. The van der Waals surface area contributed by atoms with E-state index in [0.717, 1.165) is 16.7 Å². The van der Waals surface area contributed by atoms with E-state index in [1.54, 1.807) is 17.9 Å². The summed E-state index contributed by atoms with van der Waals surface area (Å²) in [6.45, 7) is 8.71. The number of halogens is 1. The van der Waals surface area contributed by atoms with Crippen LogP contribution in [-0.4, -0.2) is 29.3 Å². The van der Waals surface area contributed by atoms with Gasteiger partial charge in [0.25, 0.3) is 0 Å². The minimum atomic E-state index is -0.590. The van der Waals surface area contributed by atoms with Crippen molar-refractivity contribution in [1.82, 2.24) is 10.2 Å². The van der Waals surface area contributed by atoms with Gasteiger partial charge in [0.1, 0.15) is 6.04 Å². The predicted octanol–water partition coefficient (Wildman–Crippen LogP) is 4.38. The predicted molar refractivity (Wildman–Crippen MR) is 114 cm³/mol. The van der Waals surface area contributed by atoms with E-state index >= 15 is 0 Å². The zero-order valence-electron chi connectivity index (χ0n) is 17.0. The van der Waals surface area contributed by atoms with Gasteiger partial charge in [-0.1, -0.05) is 73.5 Å². The fourth-order valence-corrected chi connectivity index (χ4v) is 3.14. The largest absolute Gasteiger partial charge is 0.354 e. The fraction of sp³-hybridized carbons (Fsp3) is 0.391. The Morgan fingerprint density at radius 3 is 2.43 bits per heavy atom. The number of nitrogens with one attached hydrogen (secondary N) is 1. The molecule has 0 aliphatic heterocycles. The van der Waals surface area contributed by atoms with Crippen molar-refractivity contribution in [3.8, 4) is 0 Å². The van der Waals surface area contributed by atoms with Gasteiger partial charge in [0, 0.05) is 18.1 Å². The van der Waals surface area contributed by atoms with E-state index in [2.05, 4.69) is 5.32 Å². The van der Waals surface area contributed by atoms with E-state index in [9.17, 15) is 9.59 Å². The molecule has 0 aliphatic carbocycles. The van der Waals surface area contributed by atoms with Crippen LogP contribution in [0.15, 0.2) is 48.5 Å². The first-order chi connectivity index (χ1) is 13.3. The minimum Gasteiger partial charge on any atom is -0.354 e. The van der Waals surface area contributed by atoms with Crippen molar-refractivity contribution in [3.63, 3.8) is 0 Å². The first-order valence-electron chi connectivity index (χ1n) is 9.64. The van der Waals surface area contributed by atoms with Crippen LogP contribution >= 0.6 is 11.6 Å². The van der Waals surface area contributed by atoms with Gasteiger partial charge in [-0.2, -0.15) is 0 Å². The summed E-state index contributed by atoms with van der Waals surface area (Å²) < 4.78 is 0. The molecule has 0 heterocycles. The van der Waals surface area contributed by atoms with Gasteiger partial charge < -0.3 is 10.2 Å². The number of amides is 2. The molecule has 1 atom stereocenters. The Hall–Kier alpha value is -2.33. The molecule has 1 N–H and O–H groups in total. The van der Waals surface area contributed by atoms with Gasteiger partial charge in [-0.25, -0.2) is 0 Å². The van der Waals surface area contributed by atoms with Gasteiger partial charge in [-0.05, 0) is 37.0 Å². The Balaban J connectivity index is 2.22. The summed E-state index contributed by atoms with van der Waals surface area (Å²) in [6.07, 6.45) is 0.244. The maximum Gasteiger partial charge on any atom is 0.242 e. The van der Waals surface area contributed by atoms with Crippen LogP contribution < -0.4 is 5.32 Å². The summed E-state index contributed by atoms with van der Waals surface area (Å²) in [6, 6.07) is 14.7. The van der Waals surface area contributed by atoms with Crippen LogP contribution in [0.2, 0.25) is 5.02 Å². The second kappa shape index (κ2) is 10.3. The van der Waals surface area contributed by atoms with E-state index in [1.165, 1.54) is 0 Å². The van der Waals surface area contributed by atoms with Crippen molar-refractivity contribution < 1.29 is 9.59 Å². The first-order valence-corrected chi connectivity index (χ1v) is 10.0. The average molecular weight is 401 g/mol. The second-order valence-electron chi connectivity index (χ2n) is 7.59. The lowest BCUT2D eigenvalue weighted by Gasteiger charge is -2.29. The maximum absolute atomic E-state index is 13.1. The highest BCUT2D eigenvalue weighted by atomic mass is 35.5. The van der Waals surface area contributed by atoms with E-state index in [0.29, 0.717) is 24.0 Å². The molecule has 0 fully saturated rings. The summed E-state index contributed by atoms with van der Waals surface area (Å²) in [5, 5.41) is 3.51. The molecule has 0 bridgehead atoms. The molecule has 2 amide bonds. The molecule has 28 heavy (non-hydrogen) atoms. The molecule has 2 rings (SSSR count). The Morgan fingerprint density at radius 2 is 1.79 bits per heavy atom. The molecule has 0 radical (unpaired) electrons. The normalized spacial score (nSPS) is 11.9. The maximum atomic E-state index is 13.1. The van der Waals surface area contributed by atoms with E-state index in [4.69, 9.17) is 11.6 Å². The number of aryl methyl sites for hydroxylation is 1. The van der Waals surface area contributed by atoms with Crippen molar-refractivity contribution in [1.29, 1.82) is 0 Å². The SMILES string of the molecule is Cc1cccc(CC(=O)N(Cc2ccccc2Cl)[C@@H](C)C(=O)NCC(C)C)c1. The lowest BCUT2D eigenvalue weighted by Crippen LogP contribution is -2.48. The van der Waals surface area contributed by atoms with Crippen molar-refractivity contribution in [2.75, 3.05) is 6.54 Å². The molecule has 2 aromatic carbocycles. The molecule has 2 aromatic rings. The third-order valence-corrected chi connectivity index (χ3v) is 4.96. The van der Waals surface area contributed by atoms with Crippen molar-refractivity contribution in [2.45, 2.75) is 46.7 Å². The number of hydrogen-bond donors (Lipinski definition) is 1. The molecule has 0 saturated carbocycles. The summed E-state index contributed by atoms with van der Waals surface area (Å²) in [5.41, 5.74) is 2.86. The van der Waals surface area contributed by atoms with Gasteiger partial charge in [0.15, 0.2) is 0 Å². The topological polar surface area (TPSA) is 49.4 Å². The second-order valence-corrected chi connectivity index (χ2v) is 8.00. The number of nitrogens with zero attached hydrogens (tertiary/aromatic N) is 1. The zero-order valence-corrected chi connectivity index (χ0v) is 17.8. The lowest BCUT2D eigenvalue weighted by molar-refractivity contribution is -0.140. The summed E-state index contributed by atoms with van der Waals surface area (Å²) in [7, 11) is 0. The van der Waals surface area contributed by atoms with Gasteiger partial charge in [0.05, 0.1) is 6.42 Å². The Morgan fingerprint density at radius 1 is 1.07 bits per heavy atom. The van der Waals surface area contributed by atoms with E-state index in [-0.39, 0.29) is 18.2 Å². The number of benzene rings is 2. The molecule has 0 aliphatic rings. The highest BCUT2D eigenvalue weighted by Gasteiger charge is 2.26. The van der Waals surface area contributed by atoms with Crippen molar-refractivity contribution in [3.05, 3.63) is 70.2 Å². The average Bonchev–Trinajstić information content (AvgIpc) is 2.64. The molecule has 5 heteroatoms. The first kappa shape index (κ1) is 22.0. The van der Waals surface area contributed by atoms with Gasteiger partial charge in [-0.3, -0.25) is 9.59 Å². The molecule has 0 saturated heterocycles. The monoisotopic (exact) mass is 400 g/mol. The standard InChI is InChI=1S/C23H29ClN2O2/c1-16(2)14-25-23(28)18(4)26(15-20-10-5-6-11-21(20)24)22(27)13-19-9-7-8-17(3)12-19/h5-12,16,18H,13-15H2,1-4H3,(H,25,28)/t18-/m0/s1. The highest BCUT2D eigenvalue weighted by Crippen LogP contribution is 2.19. The molecule has 0 aromatic heterocycles. The number of rotatable bonds is 8. The van der Waals surface area contributed by atoms with E-state index < -0.39 is 6.04 Å². The van der Waals surface area contributed by atoms with Crippen LogP contribution in [0.25, 0.3) is 0 Å². The lowest BCUT2D eigenvalue weighted by atomic mass is 10.1. The Kier molecular flexibility index (Phi) is 8.06. The number of carbonyl (C=O) groups excluding carboxylic acids is 2. The highest BCUT2D eigenvalue weighted by molar-refractivity contribution is 6.31. The fourth-order valence-electron chi connectivity index (χ4n) is 2.94. The summed E-state index contributed by atoms with van der Waals surface area (Å²) in [4.78, 5) is 27.4. The third-order valence-electron chi connectivity index (χ3n) is 4.59. The van der Waals surface area contributed by atoms with Crippen LogP contribution in [0.1, 0.15) is 37.5 Å². The van der Waals surface area contributed by atoms with Crippen LogP contribution in [0.3, 0.4) is 0 Å². The molecule has 0 unspecified atom stereocenters. The molecular formula is C23H29ClN2O2. The molecule has 4 nitrogen and oxygen atoms in total. The summed E-state index contributed by atoms with van der Waals surface area (Å²) >= 11 is 6.30. The van der Waals surface area contributed by atoms with Gasteiger partial charge in [0.2, 0.25) is 11.8 Å². The van der Waals surface area contributed by atoms with Gasteiger partial charge in [-0.15, -0.1) is 0 Å². The Bertz CT molecular complexity index is 820.